The summed E-state index contributed by atoms with van der Waals surface area (Å²) in [6.07, 6.45) is 0.272. The summed E-state index contributed by atoms with van der Waals surface area (Å²) >= 11 is 2.87. The Kier molecular flexibility index (Phi) is 4.43. The van der Waals surface area contributed by atoms with E-state index >= 15 is 0 Å². The summed E-state index contributed by atoms with van der Waals surface area (Å²) in [4.78, 5) is 21.9. The number of rotatable bonds is 4. The van der Waals surface area contributed by atoms with Crippen molar-refractivity contribution in [2.75, 3.05) is 18.5 Å². The Labute approximate surface area is 127 Å². The molecule has 0 radical (unpaired) electrons. The van der Waals surface area contributed by atoms with Crippen molar-refractivity contribution >= 4 is 33.3 Å². The predicted octanol–water partition coefficient (Wildman–Crippen LogP) is 2.54. The molecule has 1 saturated heterocycles. The lowest BCUT2D eigenvalue weighted by Crippen LogP contribution is -2.50. The van der Waals surface area contributed by atoms with Gasteiger partial charge in [0.25, 0.3) is 5.69 Å². The van der Waals surface area contributed by atoms with Gasteiger partial charge in [0.2, 0.25) is 0 Å². The summed E-state index contributed by atoms with van der Waals surface area (Å²) in [7, 11) is 0. The standard InChI is InChI=1S/C12H12BrFN2O5/c13-7-5-10(16(19)20)9(6-8(7)14)15-12(11(17)18)1-3-21-4-2-12/h5-6,15H,1-4H2,(H,17,18). The SMILES string of the molecule is O=C(O)C1(Nc2cc(F)c(Br)cc2[N+](=O)[O-])CCOCC1. The molecule has 2 N–H and O–H groups in total. The Morgan fingerprint density at radius 1 is 1.48 bits per heavy atom. The van der Waals surface area contributed by atoms with Crippen molar-refractivity contribution < 1.29 is 24.0 Å². The molecule has 0 amide bonds. The first kappa shape index (κ1) is 15.6. The number of nitrogens with one attached hydrogen (secondary N) is 1. The lowest BCUT2D eigenvalue weighted by molar-refractivity contribution is -0.384. The number of carboxylic acids is 1. The summed E-state index contributed by atoms with van der Waals surface area (Å²) in [6, 6.07) is 1.93. The fourth-order valence-corrected chi connectivity index (χ4v) is 2.49. The monoisotopic (exact) mass is 362 g/mol. The molecule has 2 rings (SSSR count). The maximum atomic E-state index is 13.6. The topological polar surface area (TPSA) is 102 Å². The number of hydrogen-bond donors (Lipinski definition) is 2. The van der Waals surface area contributed by atoms with Crippen molar-refractivity contribution in [1.29, 1.82) is 0 Å². The quantitative estimate of drug-likeness (QED) is 0.630. The van der Waals surface area contributed by atoms with Crippen molar-refractivity contribution in [2.45, 2.75) is 18.4 Å². The highest BCUT2D eigenvalue weighted by atomic mass is 79.9. The van der Waals surface area contributed by atoms with E-state index in [9.17, 15) is 24.4 Å². The van der Waals surface area contributed by atoms with Crippen molar-refractivity contribution in [3.8, 4) is 0 Å². The summed E-state index contributed by atoms with van der Waals surface area (Å²) in [5.41, 5.74) is -1.95. The maximum absolute atomic E-state index is 13.6. The summed E-state index contributed by atoms with van der Waals surface area (Å²) < 4.78 is 18.7. The lowest BCUT2D eigenvalue weighted by atomic mass is 9.89. The van der Waals surface area contributed by atoms with Gasteiger partial charge in [-0.05, 0) is 15.9 Å². The first-order chi connectivity index (χ1) is 9.85. The number of halogens is 2. The zero-order chi connectivity index (χ0) is 15.6. The number of ether oxygens (including phenoxy) is 1. The van der Waals surface area contributed by atoms with Crippen LogP contribution in [0.4, 0.5) is 15.8 Å². The Bertz CT molecular complexity index is 589. The fraction of sp³-hybridized carbons (Fsp3) is 0.417. The average molecular weight is 363 g/mol. The van der Waals surface area contributed by atoms with Gasteiger partial charge in [0.15, 0.2) is 0 Å². The first-order valence-electron chi connectivity index (χ1n) is 6.08. The molecule has 1 aromatic rings. The van der Waals surface area contributed by atoms with Crippen LogP contribution in [0, 0.1) is 15.9 Å². The average Bonchev–Trinajstić information content (AvgIpc) is 2.43. The van der Waals surface area contributed by atoms with Gasteiger partial charge in [0.05, 0.1) is 9.40 Å². The Morgan fingerprint density at radius 2 is 2.10 bits per heavy atom. The van der Waals surface area contributed by atoms with Crippen molar-refractivity contribution in [1.82, 2.24) is 0 Å². The first-order valence-corrected chi connectivity index (χ1v) is 6.88. The van der Waals surface area contributed by atoms with Crippen LogP contribution in [-0.4, -0.2) is 34.8 Å². The van der Waals surface area contributed by atoms with E-state index in [1.165, 1.54) is 0 Å². The molecule has 1 aliphatic heterocycles. The van der Waals surface area contributed by atoms with Crippen LogP contribution in [0.3, 0.4) is 0 Å². The Hall–Kier alpha value is -1.74. The molecule has 1 aliphatic rings. The molecule has 0 atom stereocenters. The molecular formula is C12H12BrFN2O5. The van der Waals surface area contributed by atoms with Gasteiger partial charge >= 0.3 is 5.97 Å². The molecule has 0 aromatic heterocycles. The number of carboxylic acid groups (broad SMARTS) is 1. The zero-order valence-electron chi connectivity index (χ0n) is 10.8. The number of aliphatic carboxylic acids is 1. The molecule has 21 heavy (non-hydrogen) atoms. The van der Waals surface area contributed by atoms with Crippen LogP contribution < -0.4 is 5.32 Å². The van der Waals surface area contributed by atoms with Crippen LogP contribution in [0.2, 0.25) is 0 Å². The minimum absolute atomic E-state index is 0.0592. The van der Waals surface area contributed by atoms with Gasteiger partial charge in [-0.3, -0.25) is 10.1 Å². The van der Waals surface area contributed by atoms with Crippen LogP contribution in [0.25, 0.3) is 0 Å². The van der Waals surface area contributed by atoms with Crippen LogP contribution in [-0.2, 0) is 9.53 Å². The number of benzene rings is 1. The van der Waals surface area contributed by atoms with Crippen molar-refractivity contribution in [3.05, 3.63) is 32.5 Å². The molecule has 9 heteroatoms. The van der Waals surface area contributed by atoms with E-state index in [1.807, 2.05) is 0 Å². The van der Waals surface area contributed by atoms with E-state index in [2.05, 4.69) is 21.2 Å². The molecule has 1 fully saturated rings. The van der Waals surface area contributed by atoms with E-state index < -0.39 is 27.9 Å². The van der Waals surface area contributed by atoms with Crippen LogP contribution >= 0.6 is 15.9 Å². The highest BCUT2D eigenvalue weighted by Crippen LogP contribution is 2.35. The van der Waals surface area contributed by atoms with Crippen LogP contribution in [0.5, 0.6) is 0 Å². The maximum Gasteiger partial charge on any atom is 0.329 e. The normalized spacial score (nSPS) is 17.2. The molecule has 0 bridgehead atoms. The molecule has 0 spiro atoms. The molecule has 7 nitrogen and oxygen atoms in total. The minimum Gasteiger partial charge on any atom is -0.480 e. The van der Waals surface area contributed by atoms with E-state index in [-0.39, 0.29) is 36.2 Å². The fourth-order valence-electron chi connectivity index (χ4n) is 2.16. The van der Waals surface area contributed by atoms with Gasteiger partial charge in [-0.2, -0.15) is 0 Å². The second-order valence-corrected chi connectivity index (χ2v) is 5.52. The summed E-state index contributed by atoms with van der Waals surface area (Å²) in [5.74, 6) is -1.86. The van der Waals surface area contributed by atoms with Crippen LogP contribution in [0.1, 0.15) is 12.8 Å². The van der Waals surface area contributed by atoms with Crippen molar-refractivity contribution in [2.24, 2.45) is 0 Å². The van der Waals surface area contributed by atoms with E-state index in [4.69, 9.17) is 4.74 Å². The molecule has 0 saturated carbocycles. The number of nitro benzene ring substituents is 1. The number of nitro groups is 1. The minimum atomic E-state index is -1.40. The Morgan fingerprint density at radius 3 is 2.62 bits per heavy atom. The molecule has 114 valence electrons. The molecule has 0 unspecified atom stereocenters. The second-order valence-electron chi connectivity index (χ2n) is 4.67. The number of hydrogen-bond acceptors (Lipinski definition) is 5. The van der Waals surface area contributed by atoms with Crippen LogP contribution in [0.15, 0.2) is 16.6 Å². The largest absolute Gasteiger partial charge is 0.480 e. The van der Waals surface area contributed by atoms with Gasteiger partial charge in [-0.15, -0.1) is 0 Å². The van der Waals surface area contributed by atoms with Gasteiger partial charge in [0.1, 0.15) is 17.0 Å². The summed E-state index contributed by atoms with van der Waals surface area (Å²) in [5, 5.41) is 23.1. The van der Waals surface area contributed by atoms with E-state index in [0.29, 0.717) is 0 Å². The van der Waals surface area contributed by atoms with E-state index in [0.717, 1.165) is 12.1 Å². The van der Waals surface area contributed by atoms with Crippen molar-refractivity contribution in [3.63, 3.8) is 0 Å². The van der Waals surface area contributed by atoms with E-state index in [1.54, 1.807) is 0 Å². The van der Waals surface area contributed by atoms with Gasteiger partial charge < -0.3 is 15.2 Å². The molecule has 0 aliphatic carbocycles. The summed E-state index contributed by atoms with van der Waals surface area (Å²) in [6.45, 7) is 0.429. The third-order valence-electron chi connectivity index (χ3n) is 3.36. The highest BCUT2D eigenvalue weighted by Gasteiger charge is 2.41. The third-order valence-corrected chi connectivity index (χ3v) is 3.97. The third kappa shape index (κ3) is 3.13. The van der Waals surface area contributed by atoms with Gasteiger partial charge in [-0.25, -0.2) is 9.18 Å². The number of carbonyl (C=O) groups is 1. The molecular weight excluding hydrogens is 351 g/mol. The van der Waals surface area contributed by atoms with Gasteiger partial charge in [-0.1, -0.05) is 0 Å². The zero-order valence-corrected chi connectivity index (χ0v) is 12.4. The molecule has 1 aromatic carbocycles. The second kappa shape index (κ2) is 5.94. The number of nitrogens with zero attached hydrogens (tertiary/aromatic N) is 1. The lowest BCUT2D eigenvalue weighted by Gasteiger charge is -2.34. The molecule has 1 heterocycles. The Balaban J connectivity index is 2.43. The predicted molar refractivity (Wildman–Crippen MR) is 74.8 cm³/mol. The smallest absolute Gasteiger partial charge is 0.329 e. The highest BCUT2D eigenvalue weighted by molar-refractivity contribution is 9.10. The van der Waals surface area contributed by atoms with Gasteiger partial charge in [0, 0.05) is 38.2 Å². The number of anilines is 1.